The van der Waals surface area contributed by atoms with E-state index in [-0.39, 0.29) is 0 Å². The van der Waals surface area contributed by atoms with E-state index in [9.17, 15) is 32.8 Å². The van der Waals surface area contributed by atoms with E-state index in [1.165, 1.54) is 6.42 Å². The van der Waals surface area contributed by atoms with Gasteiger partial charge in [-0.3, -0.25) is 9.59 Å². The minimum absolute atomic E-state index is 0.322. The Morgan fingerprint density at radius 3 is 2.15 bits per heavy atom. The molecule has 220 valence electrons. The first kappa shape index (κ1) is 27.4. The van der Waals surface area contributed by atoms with Gasteiger partial charge in [0.2, 0.25) is 0 Å². The van der Waals surface area contributed by atoms with Crippen LogP contribution in [-0.4, -0.2) is 66.8 Å². The number of rotatable bonds is 9. The number of hydrogen-bond donors (Lipinski definition) is 0. The minimum atomic E-state index is -3.77. The third-order valence-corrected chi connectivity index (χ3v) is 10.5. The molecule has 6 bridgehead atoms. The SMILES string of the molecule is CCC1(OC(=O)COC(=O)C2C3CC4C(OC(=O)C42)C3OC(=O)COC(=O)C(C)(F)F)C2CC3CC(C2)CC1C3. The number of carbonyl (C=O) groups excluding carboxylic acids is 5. The van der Waals surface area contributed by atoms with Gasteiger partial charge in [-0.1, -0.05) is 6.92 Å². The van der Waals surface area contributed by atoms with Crippen molar-refractivity contribution in [3.8, 4) is 0 Å². The molecule has 40 heavy (non-hydrogen) atoms. The Labute approximate surface area is 229 Å². The second-order valence-corrected chi connectivity index (χ2v) is 12.6. The zero-order valence-corrected chi connectivity index (χ0v) is 22.5. The molecule has 0 amide bonds. The van der Waals surface area contributed by atoms with Gasteiger partial charge in [-0.2, -0.15) is 8.78 Å². The molecule has 0 aromatic heterocycles. The van der Waals surface area contributed by atoms with Crippen LogP contribution in [0.25, 0.3) is 0 Å². The lowest BCUT2D eigenvalue weighted by Crippen LogP contribution is -2.59. The van der Waals surface area contributed by atoms with Gasteiger partial charge in [0.25, 0.3) is 0 Å². The zero-order valence-electron chi connectivity index (χ0n) is 22.5. The average Bonchev–Trinajstić information content (AvgIpc) is 3.51. The Morgan fingerprint density at radius 1 is 0.925 bits per heavy atom. The molecule has 1 saturated heterocycles. The monoisotopic (exact) mass is 568 g/mol. The summed E-state index contributed by atoms with van der Waals surface area (Å²) in [5, 5.41) is 0. The van der Waals surface area contributed by atoms with Gasteiger partial charge in [-0.15, -0.1) is 0 Å². The van der Waals surface area contributed by atoms with Gasteiger partial charge in [-0.25, -0.2) is 14.4 Å². The Morgan fingerprint density at radius 2 is 1.55 bits per heavy atom. The maximum Gasteiger partial charge on any atom is 0.377 e. The van der Waals surface area contributed by atoms with E-state index >= 15 is 0 Å². The van der Waals surface area contributed by atoms with Crippen LogP contribution < -0.4 is 0 Å². The van der Waals surface area contributed by atoms with Crippen LogP contribution in [0.4, 0.5) is 8.78 Å². The van der Waals surface area contributed by atoms with E-state index in [4.69, 9.17) is 18.9 Å². The van der Waals surface area contributed by atoms with Crippen molar-refractivity contribution in [2.24, 2.45) is 47.3 Å². The van der Waals surface area contributed by atoms with Crippen LogP contribution in [0, 0.1) is 47.3 Å². The second kappa shape index (κ2) is 9.65. The number of ether oxygens (including phenoxy) is 5. The summed E-state index contributed by atoms with van der Waals surface area (Å²) in [7, 11) is 0. The minimum Gasteiger partial charge on any atom is -0.458 e. The van der Waals surface area contributed by atoms with Crippen molar-refractivity contribution in [2.45, 2.75) is 82.5 Å². The van der Waals surface area contributed by atoms with Crippen molar-refractivity contribution >= 4 is 29.8 Å². The lowest BCUT2D eigenvalue weighted by atomic mass is 9.49. The van der Waals surface area contributed by atoms with Crippen molar-refractivity contribution < 1.29 is 56.4 Å². The van der Waals surface area contributed by atoms with Gasteiger partial charge >= 0.3 is 35.8 Å². The fourth-order valence-electron chi connectivity index (χ4n) is 9.17. The summed E-state index contributed by atoms with van der Waals surface area (Å²) in [6.07, 6.45) is 4.75. The van der Waals surface area contributed by atoms with E-state index < -0.39 is 90.5 Å². The molecule has 0 aromatic carbocycles. The number of hydrogen-bond acceptors (Lipinski definition) is 10. The quantitative estimate of drug-likeness (QED) is 0.302. The standard InChI is InChI=1S/C28H34F2O10/c1-3-28(14-5-12-4-13(7-14)8-15(28)6-12)40-19(32)11-36-24(33)20-16-9-17-21(20)25(34)39-23(17)22(16)38-18(31)10-37-26(35)27(2,29)30/h12-17,20-23H,3-11H2,1-2H3. The molecule has 6 unspecified atom stereocenters. The Bertz CT molecular complexity index is 1090. The van der Waals surface area contributed by atoms with Crippen LogP contribution in [0.5, 0.6) is 0 Å². The van der Waals surface area contributed by atoms with E-state index in [0.29, 0.717) is 43.4 Å². The summed E-state index contributed by atoms with van der Waals surface area (Å²) in [5.41, 5.74) is -0.531. The summed E-state index contributed by atoms with van der Waals surface area (Å²) in [6.45, 7) is 0.738. The van der Waals surface area contributed by atoms with Crippen LogP contribution in [0.15, 0.2) is 0 Å². The number of fused-ring (bicyclic) bond motifs is 1. The molecule has 1 aliphatic heterocycles. The topological polar surface area (TPSA) is 132 Å². The number of alkyl halides is 2. The Balaban J connectivity index is 1.07. The second-order valence-electron chi connectivity index (χ2n) is 12.6. The van der Waals surface area contributed by atoms with Crippen LogP contribution in [0.3, 0.4) is 0 Å². The fourth-order valence-corrected chi connectivity index (χ4v) is 9.17. The molecule has 12 heteroatoms. The van der Waals surface area contributed by atoms with Crippen molar-refractivity contribution in [3.63, 3.8) is 0 Å². The molecule has 7 aliphatic rings. The molecular formula is C28H34F2O10. The predicted molar refractivity (Wildman–Crippen MR) is 127 cm³/mol. The summed E-state index contributed by atoms with van der Waals surface area (Å²) in [5.74, 6) is -9.51. The van der Waals surface area contributed by atoms with Crippen molar-refractivity contribution in [1.82, 2.24) is 0 Å². The molecule has 6 atom stereocenters. The third kappa shape index (κ3) is 4.36. The molecule has 0 spiro atoms. The normalized spacial score (nSPS) is 42.0. The van der Waals surface area contributed by atoms with Gasteiger partial charge in [0, 0.05) is 18.8 Å². The summed E-state index contributed by atoms with van der Waals surface area (Å²) < 4.78 is 52.5. The van der Waals surface area contributed by atoms with Crippen molar-refractivity contribution in [2.75, 3.05) is 13.2 Å². The van der Waals surface area contributed by atoms with Gasteiger partial charge in [0.15, 0.2) is 13.2 Å². The molecular weight excluding hydrogens is 534 g/mol. The van der Waals surface area contributed by atoms with E-state index in [0.717, 1.165) is 25.7 Å². The number of carbonyl (C=O) groups is 5. The lowest BCUT2D eigenvalue weighted by molar-refractivity contribution is -0.214. The van der Waals surface area contributed by atoms with Gasteiger partial charge in [-0.05, 0) is 68.6 Å². The van der Waals surface area contributed by atoms with Crippen molar-refractivity contribution in [3.05, 3.63) is 0 Å². The Kier molecular flexibility index (Phi) is 6.61. The van der Waals surface area contributed by atoms with Gasteiger partial charge in [0.1, 0.15) is 17.8 Å². The third-order valence-electron chi connectivity index (χ3n) is 10.5. The maximum atomic E-state index is 13.2. The largest absolute Gasteiger partial charge is 0.458 e. The summed E-state index contributed by atoms with van der Waals surface area (Å²) in [4.78, 5) is 62.2. The lowest BCUT2D eigenvalue weighted by Gasteiger charge is -2.60. The summed E-state index contributed by atoms with van der Waals surface area (Å²) in [6, 6.07) is 0. The molecule has 6 aliphatic carbocycles. The van der Waals surface area contributed by atoms with Gasteiger partial charge < -0.3 is 23.7 Å². The Hall–Kier alpha value is -2.79. The molecule has 7 rings (SSSR count). The smallest absolute Gasteiger partial charge is 0.377 e. The zero-order chi connectivity index (χ0) is 28.6. The first-order valence-electron chi connectivity index (χ1n) is 14.2. The highest BCUT2D eigenvalue weighted by molar-refractivity contribution is 5.87. The van der Waals surface area contributed by atoms with Crippen molar-refractivity contribution in [1.29, 1.82) is 0 Å². The summed E-state index contributed by atoms with van der Waals surface area (Å²) >= 11 is 0. The molecule has 6 saturated carbocycles. The van der Waals surface area contributed by atoms with Crippen LogP contribution in [-0.2, 0) is 47.7 Å². The number of esters is 5. The van der Waals surface area contributed by atoms with E-state index in [2.05, 4.69) is 4.74 Å². The molecule has 1 heterocycles. The molecule has 10 nitrogen and oxygen atoms in total. The maximum absolute atomic E-state index is 13.2. The van der Waals surface area contributed by atoms with Crippen LogP contribution in [0.2, 0.25) is 0 Å². The predicted octanol–water partition coefficient (Wildman–Crippen LogP) is 2.60. The first-order valence-corrected chi connectivity index (χ1v) is 14.2. The molecule has 0 aromatic rings. The average molecular weight is 569 g/mol. The van der Waals surface area contributed by atoms with Gasteiger partial charge in [0.05, 0.1) is 11.8 Å². The van der Waals surface area contributed by atoms with Crippen LogP contribution >= 0.6 is 0 Å². The van der Waals surface area contributed by atoms with E-state index in [1.54, 1.807) is 0 Å². The highest BCUT2D eigenvalue weighted by Gasteiger charge is 2.70. The first-order chi connectivity index (χ1) is 18.9. The molecule has 0 radical (unpaired) electrons. The highest BCUT2D eigenvalue weighted by atomic mass is 19.3. The molecule has 7 fully saturated rings. The van der Waals surface area contributed by atoms with E-state index in [1.807, 2.05) is 6.92 Å². The highest BCUT2D eigenvalue weighted by Crippen LogP contribution is 2.61. The van der Waals surface area contributed by atoms with Crippen LogP contribution in [0.1, 0.15) is 58.8 Å². The number of halogens is 2. The molecule has 0 N–H and O–H groups in total. The fraction of sp³-hybridized carbons (Fsp3) is 0.821.